The van der Waals surface area contributed by atoms with E-state index in [-0.39, 0.29) is 30.4 Å². The van der Waals surface area contributed by atoms with Crippen molar-refractivity contribution in [3.8, 4) is 0 Å². The summed E-state index contributed by atoms with van der Waals surface area (Å²) in [6.07, 6.45) is 3.62. The first-order valence-electron chi connectivity index (χ1n) is 11.7. The summed E-state index contributed by atoms with van der Waals surface area (Å²) in [7, 11) is 1.58. The lowest BCUT2D eigenvalue weighted by Gasteiger charge is -2.07. The number of aliphatic imine (C=N–C) groups is 1. The second-order valence-electron chi connectivity index (χ2n) is 8.16. The molecular formula is C27H25BrClN3O5S. The van der Waals surface area contributed by atoms with Crippen LogP contribution in [0.1, 0.15) is 12.5 Å². The van der Waals surface area contributed by atoms with E-state index in [1.165, 1.54) is 0 Å². The Morgan fingerprint density at radius 1 is 1.24 bits per heavy atom. The highest BCUT2D eigenvalue weighted by molar-refractivity contribution is 9.10. The van der Waals surface area contributed by atoms with Crippen LogP contribution in [0.15, 0.2) is 74.4 Å². The quantitative estimate of drug-likeness (QED) is 0.225. The second kappa shape index (κ2) is 12.7. The number of methoxy groups -OCH3 is 1. The van der Waals surface area contributed by atoms with Crippen LogP contribution in [0.4, 0.5) is 5.69 Å². The molecule has 1 aromatic heterocycles. The van der Waals surface area contributed by atoms with Gasteiger partial charge >= 0.3 is 5.97 Å². The second-order valence-corrected chi connectivity index (χ2v) is 10.5. The van der Waals surface area contributed by atoms with Crippen molar-refractivity contribution in [2.45, 2.75) is 13.5 Å². The highest BCUT2D eigenvalue weighted by atomic mass is 79.9. The fourth-order valence-electron chi connectivity index (χ4n) is 3.81. The minimum absolute atomic E-state index is 0.000453. The van der Waals surface area contributed by atoms with Gasteiger partial charge in [0, 0.05) is 45.8 Å². The Kier molecular flexibility index (Phi) is 9.32. The van der Waals surface area contributed by atoms with Crippen molar-refractivity contribution in [3.63, 3.8) is 0 Å². The standard InChI is InChI=1S/C27H25BrClN3O5S/c1-3-37-27(35)24-25(34)22(38-26(24)31-19-7-5-18(29)6-8-19)12-16-14-32(15-23(33)30-10-11-36-2)21-9-4-17(28)13-20(16)21/h4-9,12-14,34H,3,10-11,15H2,1-2H3,(H,30,33)/b22-12-,31-26?. The maximum atomic E-state index is 12.8. The Morgan fingerprint density at radius 3 is 2.71 bits per heavy atom. The maximum Gasteiger partial charge on any atom is 0.344 e. The summed E-state index contributed by atoms with van der Waals surface area (Å²) in [5.41, 5.74) is 2.18. The summed E-state index contributed by atoms with van der Waals surface area (Å²) in [5.74, 6) is -1.03. The molecule has 0 atom stereocenters. The number of hydrogen-bond acceptors (Lipinski definition) is 7. The number of nitrogens with one attached hydrogen (secondary N) is 1. The van der Waals surface area contributed by atoms with Crippen LogP contribution in [0.25, 0.3) is 17.0 Å². The molecule has 1 aliphatic rings. The van der Waals surface area contributed by atoms with Crippen molar-refractivity contribution >= 4 is 78.9 Å². The Balaban J connectivity index is 1.74. The third-order valence-electron chi connectivity index (χ3n) is 5.53. The summed E-state index contributed by atoms with van der Waals surface area (Å²) < 4.78 is 12.9. The molecule has 1 aliphatic heterocycles. The number of aromatic nitrogens is 1. The van der Waals surface area contributed by atoms with Crippen LogP contribution < -0.4 is 5.32 Å². The van der Waals surface area contributed by atoms with Crippen LogP contribution in [0.3, 0.4) is 0 Å². The van der Waals surface area contributed by atoms with Gasteiger partial charge in [-0.2, -0.15) is 0 Å². The number of hydrogen-bond donors (Lipinski definition) is 2. The van der Waals surface area contributed by atoms with E-state index in [2.05, 4.69) is 26.2 Å². The lowest BCUT2D eigenvalue weighted by atomic mass is 10.1. The Hall–Kier alpha value is -3.05. The predicted octanol–water partition coefficient (Wildman–Crippen LogP) is 6.01. The van der Waals surface area contributed by atoms with Crippen LogP contribution in [-0.4, -0.2) is 53.5 Å². The highest BCUT2D eigenvalue weighted by Crippen LogP contribution is 2.41. The van der Waals surface area contributed by atoms with Gasteiger partial charge in [0.2, 0.25) is 5.91 Å². The van der Waals surface area contributed by atoms with Crippen LogP contribution in [0, 0.1) is 0 Å². The number of carbonyl (C=O) groups excluding carboxylic acids is 2. The average molecular weight is 619 g/mol. The summed E-state index contributed by atoms with van der Waals surface area (Å²) in [5, 5.41) is 15.7. The topological polar surface area (TPSA) is 102 Å². The van der Waals surface area contributed by atoms with E-state index in [0.717, 1.165) is 32.7 Å². The van der Waals surface area contributed by atoms with Gasteiger partial charge in [0.25, 0.3) is 0 Å². The molecule has 2 N–H and O–H groups in total. The van der Waals surface area contributed by atoms with Gasteiger partial charge in [-0.25, -0.2) is 9.79 Å². The molecule has 1 amide bonds. The van der Waals surface area contributed by atoms with Gasteiger partial charge in [0.15, 0.2) is 0 Å². The SMILES string of the molecule is CCOC(=O)C1=C(O)/C(=C/c2cn(CC(=O)NCCOC)c3ccc(Br)cc23)SC1=Nc1ccc(Cl)cc1. The summed E-state index contributed by atoms with van der Waals surface area (Å²) in [6.45, 7) is 2.80. The molecule has 2 heterocycles. The van der Waals surface area contributed by atoms with Crippen molar-refractivity contribution in [3.05, 3.63) is 80.0 Å². The number of thioether (sulfide) groups is 1. The third-order valence-corrected chi connectivity index (χ3v) is 7.30. The Morgan fingerprint density at radius 2 is 2.00 bits per heavy atom. The largest absolute Gasteiger partial charge is 0.506 e. The fraction of sp³-hybridized carbons (Fsp3) is 0.222. The Bertz CT molecular complexity index is 1460. The molecule has 0 saturated heterocycles. The Labute approximate surface area is 237 Å². The van der Waals surface area contributed by atoms with Gasteiger partial charge in [-0.1, -0.05) is 39.3 Å². The van der Waals surface area contributed by atoms with E-state index in [1.807, 2.05) is 29.0 Å². The number of aliphatic hydroxyl groups is 1. The molecular weight excluding hydrogens is 594 g/mol. The van der Waals surface area contributed by atoms with Gasteiger partial charge in [0.05, 0.1) is 23.8 Å². The predicted molar refractivity (Wildman–Crippen MR) is 155 cm³/mol. The van der Waals surface area contributed by atoms with E-state index < -0.39 is 5.97 Å². The molecule has 2 aromatic carbocycles. The molecule has 3 aromatic rings. The smallest absolute Gasteiger partial charge is 0.344 e. The minimum atomic E-state index is -0.661. The molecule has 4 rings (SSSR count). The molecule has 0 bridgehead atoms. The van der Waals surface area contributed by atoms with Crippen LogP contribution in [-0.2, 0) is 25.6 Å². The molecule has 0 saturated carbocycles. The normalized spacial score (nSPS) is 15.6. The molecule has 8 nitrogen and oxygen atoms in total. The number of benzene rings is 2. The minimum Gasteiger partial charge on any atom is -0.506 e. The molecule has 198 valence electrons. The molecule has 0 unspecified atom stereocenters. The summed E-state index contributed by atoms with van der Waals surface area (Å²) in [6, 6.07) is 12.6. The number of esters is 1. The molecule has 11 heteroatoms. The van der Waals surface area contributed by atoms with Crippen molar-refractivity contribution in [2.75, 3.05) is 26.9 Å². The zero-order chi connectivity index (χ0) is 27.2. The molecule has 0 fully saturated rings. The van der Waals surface area contributed by atoms with Gasteiger partial charge in [0.1, 0.15) is 22.9 Å². The highest BCUT2D eigenvalue weighted by Gasteiger charge is 2.33. The molecule has 38 heavy (non-hydrogen) atoms. The van der Waals surface area contributed by atoms with Crippen molar-refractivity contribution in [1.82, 2.24) is 9.88 Å². The first kappa shape index (κ1) is 28.0. The fourth-order valence-corrected chi connectivity index (χ4v) is 5.32. The lowest BCUT2D eigenvalue weighted by molar-refractivity contribution is -0.138. The van der Waals surface area contributed by atoms with E-state index in [1.54, 1.807) is 44.4 Å². The number of amides is 1. The van der Waals surface area contributed by atoms with Gasteiger partial charge in [-0.3, -0.25) is 4.79 Å². The maximum absolute atomic E-state index is 12.8. The van der Waals surface area contributed by atoms with Gasteiger partial charge in [-0.05, 0) is 55.5 Å². The molecule has 0 radical (unpaired) electrons. The van der Waals surface area contributed by atoms with Crippen LogP contribution in [0.2, 0.25) is 5.02 Å². The van der Waals surface area contributed by atoms with E-state index >= 15 is 0 Å². The summed E-state index contributed by atoms with van der Waals surface area (Å²) >= 11 is 10.7. The first-order chi connectivity index (χ1) is 18.3. The number of aliphatic hydroxyl groups excluding tert-OH is 1. The lowest BCUT2D eigenvalue weighted by Crippen LogP contribution is -2.30. The van der Waals surface area contributed by atoms with Crippen LogP contribution >= 0.6 is 39.3 Å². The van der Waals surface area contributed by atoms with Crippen molar-refractivity contribution < 1.29 is 24.2 Å². The monoisotopic (exact) mass is 617 g/mol. The average Bonchev–Trinajstić information content (AvgIpc) is 3.37. The van der Waals surface area contributed by atoms with Crippen molar-refractivity contribution in [2.24, 2.45) is 4.99 Å². The van der Waals surface area contributed by atoms with Gasteiger partial charge in [-0.15, -0.1) is 0 Å². The number of ether oxygens (including phenoxy) is 2. The van der Waals surface area contributed by atoms with E-state index in [9.17, 15) is 14.7 Å². The van der Waals surface area contributed by atoms with Crippen LogP contribution in [0.5, 0.6) is 0 Å². The summed E-state index contributed by atoms with van der Waals surface area (Å²) in [4.78, 5) is 30.2. The van der Waals surface area contributed by atoms with Gasteiger partial charge < -0.3 is 24.5 Å². The van der Waals surface area contributed by atoms with E-state index in [4.69, 9.17) is 21.1 Å². The third kappa shape index (κ3) is 6.50. The zero-order valence-corrected chi connectivity index (χ0v) is 23.8. The van der Waals surface area contributed by atoms with Crippen molar-refractivity contribution in [1.29, 1.82) is 0 Å². The molecule has 0 spiro atoms. The number of fused-ring (bicyclic) bond motifs is 1. The number of nitrogens with zero attached hydrogens (tertiary/aromatic N) is 2. The number of rotatable bonds is 9. The first-order valence-corrected chi connectivity index (χ1v) is 13.7. The molecule has 0 aliphatic carbocycles. The number of carbonyl (C=O) groups is 2. The zero-order valence-electron chi connectivity index (χ0n) is 20.7. The van der Waals surface area contributed by atoms with E-state index in [0.29, 0.717) is 33.8 Å². The number of halogens is 2.